The molecule has 1 unspecified atom stereocenters. The predicted molar refractivity (Wildman–Crippen MR) is 143 cm³/mol. The van der Waals surface area contributed by atoms with Crippen molar-refractivity contribution in [1.29, 1.82) is 0 Å². The van der Waals surface area contributed by atoms with Crippen LogP contribution < -0.4 is 0 Å². The number of hydrogen-bond donors (Lipinski definition) is 0. The number of esters is 1. The highest BCUT2D eigenvalue weighted by atomic mass is 16.5. The first-order valence-electron chi connectivity index (χ1n) is 12.4. The summed E-state index contributed by atoms with van der Waals surface area (Å²) in [7, 11) is 0. The Morgan fingerprint density at radius 1 is 0.861 bits per heavy atom. The molecule has 5 nitrogen and oxygen atoms in total. The van der Waals surface area contributed by atoms with E-state index in [-0.39, 0.29) is 18.6 Å². The van der Waals surface area contributed by atoms with E-state index in [1.807, 2.05) is 24.4 Å². The zero-order valence-electron chi connectivity index (χ0n) is 20.2. The lowest BCUT2D eigenvalue weighted by Crippen LogP contribution is -2.07. The van der Waals surface area contributed by atoms with E-state index in [2.05, 4.69) is 84.0 Å². The first-order chi connectivity index (χ1) is 17.7. The van der Waals surface area contributed by atoms with Crippen LogP contribution in [0.4, 0.5) is 0 Å². The Bertz CT molecular complexity index is 1640. The molecule has 1 aromatic heterocycles. The second-order valence-electron chi connectivity index (χ2n) is 9.37. The lowest BCUT2D eigenvalue weighted by molar-refractivity contribution is -0.145. The van der Waals surface area contributed by atoms with Crippen molar-refractivity contribution in [2.45, 2.75) is 38.8 Å². The Morgan fingerprint density at radius 3 is 2.39 bits per heavy atom. The highest BCUT2D eigenvalue weighted by Gasteiger charge is 2.13. The van der Waals surface area contributed by atoms with Gasteiger partial charge in [0.05, 0.1) is 12.2 Å². The summed E-state index contributed by atoms with van der Waals surface area (Å²) in [5, 5.41) is 16.1. The molecule has 0 saturated heterocycles. The molecule has 0 saturated carbocycles. The zero-order chi connectivity index (χ0) is 24.5. The molecule has 0 aliphatic heterocycles. The fourth-order valence-electron chi connectivity index (χ4n) is 5.12. The summed E-state index contributed by atoms with van der Waals surface area (Å²) >= 11 is 0. The molecule has 0 aliphatic carbocycles. The fraction of sp³-hybridized carbons (Fsp3) is 0.194. The van der Waals surface area contributed by atoms with Crippen molar-refractivity contribution in [1.82, 2.24) is 15.0 Å². The quantitative estimate of drug-likeness (QED) is 0.179. The fourth-order valence-corrected chi connectivity index (χ4v) is 5.12. The zero-order valence-corrected chi connectivity index (χ0v) is 20.2. The van der Waals surface area contributed by atoms with Crippen molar-refractivity contribution in [3.63, 3.8) is 0 Å². The van der Waals surface area contributed by atoms with Crippen LogP contribution in [-0.4, -0.2) is 21.0 Å². The summed E-state index contributed by atoms with van der Waals surface area (Å²) in [5.74, 6) is -0.210. The van der Waals surface area contributed by atoms with Crippen LogP contribution in [0.25, 0.3) is 32.3 Å². The van der Waals surface area contributed by atoms with Crippen LogP contribution in [0.3, 0.4) is 0 Å². The predicted octanol–water partition coefficient (Wildman–Crippen LogP) is 6.85. The number of hydrogen-bond acceptors (Lipinski definition) is 4. The van der Waals surface area contributed by atoms with Crippen molar-refractivity contribution in [2.24, 2.45) is 0 Å². The van der Waals surface area contributed by atoms with Crippen molar-refractivity contribution < 1.29 is 9.53 Å². The Hall–Kier alpha value is -4.25. The van der Waals surface area contributed by atoms with Gasteiger partial charge in [0.1, 0.15) is 12.3 Å². The van der Waals surface area contributed by atoms with Gasteiger partial charge >= 0.3 is 5.97 Å². The van der Waals surface area contributed by atoms with Crippen molar-refractivity contribution in [3.8, 4) is 0 Å². The molecular formula is C31H27N3O2. The first kappa shape index (κ1) is 22.2. The first-order valence-corrected chi connectivity index (χ1v) is 12.4. The minimum atomic E-state index is -0.210. The third-order valence-corrected chi connectivity index (χ3v) is 7.06. The monoisotopic (exact) mass is 473 g/mol. The van der Waals surface area contributed by atoms with Crippen LogP contribution >= 0.6 is 0 Å². The number of ether oxygens (including phenoxy) is 1. The molecule has 5 aromatic carbocycles. The van der Waals surface area contributed by atoms with Gasteiger partial charge in [-0.3, -0.25) is 4.79 Å². The maximum atomic E-state index is 12.4. The number of benzene rings is 5. The van der Waals surface area contributed by atoms with E-state index in [4.69, 9.17) is 4.74 Å². The number of rotatable bonds is 8. The molecule has 5 heteroatoms. The molecule has 0 N–H and O–H groups in total. The summed E-state index contributed by atoms with van der Waals surface area (Å²) < 4.78 is 7.29. The Morgan fingerprint density at radius 2 is 1.58 bits per heavy atom. The minimum Gasteiger partial charge on any atom is -0.459 e. The van der Waals surface area contributed by atoms with E-state index in [9.17, 15) is 4.79 Å². The van der Waals surface area contributed by atoms with Crippen LogP contribution in [0.15, 0.2) is 91.1 Å². The van der Waals surface area contributed by atoms with E-state index in [1.54, 1.807) is 4.68 Å². The highest BCUT2D eigenvalue weighted by Crippen LogP contribution is 2.36. The lowest BCUT2D eigenvalue weighted by atomic mass is 9.90. The van der Waals surface area contributed by atoms with Gasteiger partial charge in [-0.05, 0) is 63.2 Å². The van der Waals surface area contributed by atoms with Crippen LogP contribution in [0.5, 0.6) is 0 Å². The van der Waals surface area contributed by atoms with E-state index in [0.717, 1.165) is 18.4 Å². The van der Waals surface area contributed by atoms with Gasteiger partial charge in [0.15, 0.2) is 0 Å². The summed E-state index contributed by atoms with van der Waals surface area (Å²) in [5.41, 5.74) is 3.07. The second-order valence-corrected chi connectivity index (χ2v) is 9.37. The van der Waals surface area contributed by atoms with Gasteiger partial charge in [-0.2, -0.15) is 0 Å². The van der Waals surface area contributed by atoms with E-state index in [0.29, 0.717) is 12.1 Å². The van der Waals surface area contributed by atoms with E-state index < -0.39 is 0 Å². The maximum absolute atomic E-state index is 12.4. The Kier molecular flexibility index (Phi) is 5.82. The minimum absolute atomic E-state index is 0.0633. The van der Waals surface area contributed by atoms with Crippen molar-refractivity contribution >= 4 is 38.3 Å². The number of carbonyl (C=O) groups is 1. The third-order valence-electron chi connectivity index (χ3n) is 7.06. The Labute approximate surface area is 209 Å². The standard InChI is InChI=1S/C31H27N3O2/c1-21(22-7-3-2-4-8-22)34-19-27(32-33-34)20-36-29(35)12-6-9-23-13-14-26-16-15-24-10-5-11-25-17-18-28(23)31(26)30(24)25/h2-5,7-8,10-11,13-19,21H,6,9,12,20H2,1H3. The molecule has 178 valence electrons. The molecule has 0 bridgehead atoms. The number of nitrogens with zero attached hydrogens (tertiary/aromatic N) is 3. The number of aromatic nitrogens is 3. The molecule has 0 spiro atoms. The molecule has 6 rings (SSSR count). The van der Waals surface area contributed by atoms with Gasteiger partial charge in [0, 0.05) is 6.42 Å². The smallest absolute Gasteiger partial charge is 0.306 e. The number of carbonyl (C=O) groups excluding carboxylic acids is 1. The average molecular weight is 474 g/mol. The van der Waals surface area contributed by atoms with E-state index in [1.165, 1.54) is 37.9 Å². The molecule has 36 heavy (non-hydrogen) atoms. The van der Waals surface area contributed by atoms with Crippen LogP contribution in [0, 0.1) is 0 Å². The Balaban J connectivity index is 1.08. The number of aryl methyl sites for hydroxylation is 1. The summed E-state index contributed by atoms with van der Waals surface area (Å²) in [6.45, 7) is 2.21. The lowest BCUT2D eigenvalue weighted by Gasteiger charge is -2.13. The molecule has 0 amide bonds. The van der Waals surface area contributed by atoms with Crippen molar-refractivity contribution in [3.05, 3.63) is 108 Å². The van der Waals surface area contributed by atoms with Crippen molar-refractivity contribution in [2.75, 3.05) is 0 Å². The second kappa shape index (κ2) is 9.42. The van der Waals surface area contributed by atoms with Crippen LogP contribution in [0.1, 0.15) is 42.6 Å². The van der Waals surface area contributed by atoms with Gasteiger partial charge in [-0.25, -0.2) is 4.68 Å². The largest absolute Gasteiger partial charge is 0.459 e. The third kappa shape index (κ3) is 4.17. The van der Waals surface area contributed by atoms with E-state index >= 15 is 0 Å². The van der Waals surface area contributed by atoms with Gasteiger partial charge in [0.2, 0.25) is 0 Å². The van der Waals surface area contributed by atoms with Gasteiger partial charge in [-0.1, -0.05) is 90.1 Å². The molecule has 0 aliphatic rings. The molecule has 1 atom stereocenters. The normalized spacial score (nSPS) is 12.5. The SMILES string of the molecule is CC(c1ccccc1)n1cc(COC(=O)CCCc2ccc3ccc4cccc5ccc2c3c45)nn1. The topological polar surface area (TPSA) is 57.0 Å². The maximum Gasteiger partial charge on any atom is 0.306 e. The average Bonchev–Trinajstić information content (AvgIpc) is 3.40. The molecule has 6 aromatic rings. The van der Waals surface area contributed by atoms with Gasteiger partial charge in [-0.15, -0.1) is 5.10 Å². The van der Waals surface area contributed by atoms with Gasteiger partial charge < -0.3 is 4.74 Å². The molecule has 0 radical (unpaired) electrons. The molecule has 1 heterocycles. The highest BCUT2D eigenvalue weighted by molar-refractivity contribution is 6.23. The summed E-state index contributed by atoms with van der Waals surface area (Å²) in [4.78, 5) is 12.4. The molecule has 0 fully saturated rings. The summed E-state index contributed by atoms with van der Waals surface area (Å²) in [6, 6.07) is 29.9. The van der Waals surface area contributed by atoms with Gasteiger partial charge in [0.25, 0.3) is 0 Å². The summed E-state index contributed by atoms with van der Waals surface area (Å²) in [6.07, 6.45) is 3.78. The van der Waals surface area contributed by atoms with Crippen LogP contribution in [0.2, 0.25) is 0 Å². The van der Waals surface area contributed by atoms with Crippen LogP contribution in [-0.2, 0) is 22.6 Å². The molecular weight excluding hydrogens is 446 g/mol.